The van der Waals surface area contributed by atoms with E-state index in [1.165, 1.54) is 0 Å². The molecule has 5 heteroatoms. The molecule has 0 aliphatic carbocycles. The third kappa shape index (κ3) is 4.24. The Balaban J connectivity index is 2.06. The van der Waals surface area contributed by atoms with Gasteiger partial charge in [0.25, 0.3) is 10.2 Å². The minimum absolute atomic E-state index is 0.272. The summed E-state index contributed by atoms with van der Waals surface area (Å²) in [5.74, 6) is 1.55. The molecule has 3 unspecified atom stereocenters. The molecule has 3 atom stereocenters. The number of hydrogen-bond acceptors (Lipinski definition) is 2. The highest BCUT2D eigenvalue weighted by Gasteiger charge is 2.37. The van der Waals surface area contributed by atoms with Crippen LogP contribution in [0.2, 0.25) is 0 Å². The highest BCUT2D eigenvalue weighted by molar-refractivity contribution is 7.86. The van der Waals surface area contributed by atoms with Gasteiger partial charge in [0.2, 0.25) is 0 Å². The Morgan fingerprint density at radius 2 is 1.50 bits per heavy atom. The second-order valence-electron chi connectivity index (χ2n) is 8.66. The molecule has 2 fully saturated rings. The Hall–Kier alpha value is -0.130. The number of nitrogens with zero attached hydrogens (tertiary/aromatic N) is 2. The predicted molar refractivity (Wildman–Crippen MR) is 91.8 cm³/mol. The van der Waals surface area contributed by atoms with Gasteiger partial charge in [-0.05, 0) is 48.9 Å². The maximum atomic E-state index is 13.0. The average molecular weight is 331 g/mol. The number of rotatable bonds is 2. The summed E-state index contributed by atoms with van der Waals surface area (Å²) in [6.45, 7) is 13.9. The Morgan fingerprint density at radius 1 is 0.909 bits per heavy atom. The van der Waals surface area contributed by atoms with Gasteiger partial charge in [0.1, 0.15) is 0 Å². The van der Waals surface area contributed by atoms with Crippen LogP contribution in [-0.4, -0.2) is 43.2 Å². The van der Waals surface area contributed by atoms with E-state index >= 15 is 0 Å². The van der Waals surface area contributed by atoms with Crippen LogP contribution in [0.5, 0.6) is 0 Å². The molecule has 2 saturated heterocycles. The van der Waals surface area contributed by atoms with Gasteiger partial charge >= 0.3 is 0 Å². The van der Waals surface area contributed by atoms with Gasteiger partial charge in [-0.25, -0.2) is 0 Å². The lowest BCUT2D eigenvalue weighted by Crippen LogP contribution is -2.49. The van der Waals surface area contributed by atoms with Crippen LogP contribution < -0.4 is 0 Å². The van der Waals surface area contributed by atoms with Gasteiger partial charge in [0.05, 0.1) is 0 Å². The van der Waals surface area contributed by atoms with Crippen LogP contribution in [0.3, 0.4) is 0 Å². The van der Waals surface area contributed by atoms with Crippen LogP contribution in [-0.2, 0) is 10.2 Å². The van der Waals surface area contributed by atoms with Gasteiger partial charge < -0.3 is 0 Å². The molecule has 0 N–H and O–H groups in total. The normalized spacial score (nSPS) is 33.6. The fourth-order valence-corrected chi connectivity index (χ4v) is 6.03. The Bertz CT molecular complexity index is 460. The van der Waals surface area contributed by atoms with Gasteiger partial charge in [0.15, 0.2) is 0 Å². The minimum Gasteiger partial charge on any atom is -0.195 e. The first kappa shape index (κ1) is 18.2. The first-order chi connectivity index (χ1) is 10.1. The van der Waals surface area contributed by atoms with Crippen molar-refractivity contribution in [3.05, 3.63) is 0 Å². The molecule has 4 nitrogen and oxygen atoms in total. The van der Waals surface area contributed by atoms with Gasteiger partial charge in [-0.3, -0.25) is 0 Å². The summed E-state index contributed by atoms with van der Waals surface area (Å²) in [6.07, 6.45) is 4.25. The molecule has 2 heterocycles. The maximum absolute atomic E-state index is 13.0. The van der Waals surface area contributed by atoms with Crippen LogP contribution in [0.4, 0.5) is 0 Å². The van der Waals surface area contributed by atoms with Gasteiger partial charge in [-0.15, -0.1) is 0 Å². The summed E-state index contributed by atoms with van der Waals surface area (Å²) >= 11 is 0. The highest BCUT2D eigenvalue weighted by atomic mass is 32.2. The Kier molecular flexibility index (Phi) is 5.61. The first-order valence-corrected chi connectivity index (χ1v) is 10.3. The molecule has 0 spiro atoms. The lowest BCUT2D eigenvalue weighted by Gasteiger charge is -2.37. The SMILES string of the molecule is CC1CC(C)CN(S(=O)(=O)N2CCCC(C(C)(C)C)CC2)C1. The highest BCUT2D eigenvalue weighted by Crippen LogP contribution is 2.35. The molecule has 0 amide bonds. The van der Waals surface area contributed by atoms with Crippen LogP contribution in [0.15, 0.2) is 0 Å². The second kappa shape index (κ2) is 6.78. The van der Waals surface area contributed by atoms with E-state index in [0.29, 0.717) is 43.9 Å². The zero-order valence-corrected chi connectivity index (χ0v) is 15.8. The van der Waals surface area contributed by atoms with Crippen LogP contribution in [0.25, 0.3) is 0 Å². The summed E-state index contributed by atoms with van der Waals surface area (Å²) < 4.78 is 29.5. The van der Waals surface area contributed by atoms with Crippen molar-refractivity contribution in [3.63, 3.8) is 0 Å². The summed E-state index contributed by atoms with van der Waals surface area (Å²) in [6, 6.07) is 0. The van der Waals surface area contributed by atoms with E-state index < -0.39 is 10.2 Å². The monoisotopic (exact) mass is 330 g/mol. The molecular formula is C17H34N2O2S. The van der Waals surface area contributed by atoms with E-state index in [0.717, 1.165) is 25.7 Å². The molecule has 0 radical (unpaired) electrons. The zero-order chi connectivity index (χ0) is 16.5. The third-order valence-corrected chi connectivity index (χ3v) is 7.37. The second-order valence-corrected chi connectivity index (χ2v) is 10.6. The van der Waals surface area contributed by atoms with Crippen molar-refractivity contribution in [3.8, 4) is 0 Å². The number of hydrogen-bond donors (Lipinski definition) is 0. The van der Waals surface area contributed by atoms with E-state index in [2.05, 4.69) is 34.6 Å². The summed E-state index contributed by atoms with van der Waals surface area (Å²) in [5, 5.41) is 0. The van der Waals surface area contributed by atoms with Crippen molar-refractivity contribution < 1.29 is 8.42 Å². The molecule has 2 rings (SSSR count). The molecule has 0 aromatic rings. The van der Waals surface area contributed by atoms with Crippen molar-refractivity contribution in [2.45, 2.75) is 60.3 Å². The zero-order valence-electron chi connectivity index (χ0n) is 15.0. The minimum atomic E-state index is -3.28. The molecule has 0 bridgehead atoms. The predicted octanol–water partition coefficient (Wildman–Crippen LogP) is 3.36. The van der Waals surface area contributed by atoms with E-state index in [4.69, 9.17) is 0 Å². The lowest BCUT2D eigenvalue weighted by atomic mass is 9.77. The van der Waals surface area contributed by atoms with Gasteiger partial charge in [-0.1, -0.05) is 34.6 Å². The fraction of sp³-hybridized carbons (Fsp3) is 1.00. The van der Waals surface area contributed by atoms with Gasteiger partial charge in [0, 0.05) is 26.2 Å². The van der Waals surface area contributed by atoms with E-state index in [1.807, 2.05) is 0 Å². The van der Waals surface area contributed by atoms with Crippen LogP contribution in [0.1, 0.15) is 60.3 Å². The van der Waals surface area contributed by atoms with Crippen molar-refractivity contribution in [1.29, 1.82) is 0 Å². The Labute approximate surface area is 137 Å². The molecule has 2 aliphatic heterocycles. The molecular weight excluding hydrogens is 296 g/mol. The molecule has 130 valence electrons. The molecule has 22 heavy (non-hydrogen) atoms. The van der Waals surface area contributed by atoms with Crippen molar-refractivity contribution in [2.24, 2.45) is 23.2 Å². The smallest absolute Gasteiger partial charge is 0.195 e. The molecule has 0 saturated carbocycles. The van der Waals surface area contributed by atoms with E-state index in [1.54, 1.807) is 8.61 Å². The Morgan fingerprint density at radius 3 is 2.05 bits per heavy atom. The summed E-state index contributed by atoms with van der Waals surface area (Å²) in [5.41, 5.74) is 0.272. The first-order valence-electron chi connectivity index (χ1n) is 8.86. The summed E-state index contributed by atoms with van der Waals surface area (Å²) in [7, 11) is -3.28. The van der Waals surface area contributed by atoms with Crippen molar-refractivity contribution in [1.82, 2.24) is 8.61 Å². The maximum Gasteiger partial charge on any atom is 0.281 e. The molecule has 2 aliphatic rings. The standard InChI is InChI=1S/C17H34N2O2S/c1-14-11-15(2)13-19(12-14)22(20,21)18-9-6-7-16(8-10-18)17(3,4)5/h14-16H,6-13H2,1-5H3. The number of piperidine rings is 1. The van der Waals surface area contributed by atoms with Crippen LogP contribution >= 0.6 is 0 Å². The molecule has 0 aromatic carbocycles. The summed E-state index contributed by atoms with van der Waals surface area (Å²) in [4.78, 5) is 0. The quantitative estimate of drug-likeness (QED) is 0.779. The largest absolute Gasteiger partial charge is 0.281 e. The van der Waals surface area contributed by atoms with Crippen molar-refractivity contribution in [2.75, 3.05) is 26.2 Å². The average Bonchev–Trinajstić information content (AvgIpc) is 2.63. The van der Waals surface area contributed by atoms with Crippen molar-refractivity contribution >= 4 is 10.2 Å². The third-order valence-electron chi connectivity index (χ3n) is 5.40. The fourth-order valence-electron chi connectivity index (χ4n) is 4.12. The lowest BCUT2D eigenvalue weighted by molar-refractivity contribution is 0.203. The van der Waals surface area contributed by atoms with E-state index in [-0.39, 0.29) is 5.41 Å². The van der Waals surface area contributed by atoms with Gasteiger partial charge in [-0.2, -0.15) is 17.0 Å². The van der Waals surface area contributed by atoms with Crippen LogP contribution in [0, 0.1) is 23.2 Å². The molecule has 0 aromatic heterocycles. The topological polar surface area (TPSA) is 40.6 Å². The van der Waals surface area contributed by atoms with E-state index in [9.17, 15) is 8.42 Å².